The van der Waals surface area contributed by atoms with Gasteiger partial charge in [0.1, 0.15) is 11.9 Å². The van der Waals surface area contributed by atoms with Crippen molar-refractivity contribution in [1.82, 2.24) is 0 Å². The fourth-order valence-electron chi connectivity index (χ4n) is 2.69. The van der Waals surface area contributed by atoms with Gasteiger partial charge in [-0.1, -0.05) is 55.0 Å². The molecule has 0 radical (unpaired) electrons. The van der Waals surface area contributed by atoms with E-state index in [2.05, 4.69) is 22.9 Å². The van der Waals surface area contributed by atoms with Crippen molar-refractivity contribution in [1.29, 1.82) is 0 Å². The number of ether oxygens (including phenoxy) is 2. The van der Waals surface area contributed by atoms with Crippen molar-refractivity contribution in [2.75, 3.05) is 12.4 Å². The maximum atomic E-state index is 12.2. The number of hydrogen-bond donors (Lipinski definition) is 0. The van der Waals surface area contributed by atoms with Gasteiger partial charge in [0.05, 0.1) is 12.5 Å². The topological polar surface area (TPSA) is 52.6 Å². The van der Waals surface area contributed by atoms with E-state index in [1.807, 2.05) is 0 Å². The van der Waals surface area contributed by atoms with Crippen LogP contribution in [0.25, 0.3) is 0 Å². The van der Waals surface area contributed by atoms with E-state index in [0.717, 1.165) is 50.3 Å². The molecule has 0 aliphatic carbocycles. The Morgan fingerprint density at radius 2 is 1.54 bits per heavy atom. The van der Waals surface area contributed by atoms with E-state index in [1.54, 1.807) is 14.0 Å². The van der Waals surface area contributed by atoms with E-state index in [4.69, 9.17) is 9.47 Å². The number of hydrogen-bond acceptors (Lipinski definition) is 4. The van der Waals surface area contributed by atoms with Crippen molar-refractivity contribution in [3.63, 3.8) is 0 Å². The Balaban J connectivity index is 4.22. The number of halogens is 1. The second-order valence-electron chi connectivity index (χ2n) is 6.47. The van der Waals surface area contributed by atoms with Crippen LogP contribution in [0.5, 0.6) is 0 Å². The van der Waals surface area contributed by atoms with Crippen LogP contribution in [-0.4, -0.2) is 36.4 Å². The first kappa shape index (κ1) is 23.6. The van der Waals surface area contributed by atoms with Gasteiger partial charge in [-0.15, -0.1) is 0 Å². The van der Waals surface area contributed by atoms with Gasteiger partial charge in [0.2, 0.25) is 0 Å². The number of unbranched alkanes of at least 4 members (excludes halogenated alkanes) is 5. The van der Waals surface area contributed by atoms with Crippen LogP contribution >= 0.6 is 15.9 Å². The number of methoxy groups -OCH3 is 1. The summed E-state index contributed by atoms with van der Waals surface area (Å²) in [6.07, 6.45) is 9.65. The molecule has 0 aliphatic rings. The summed E-state index contributed by atoms with van der Waals surface area (Å²) in [7, 11) is 1.64. The third-order valence-electron chi connectivity index (χ3n) is 4.08. The quantitative estimate of drug-likeness (QED) is 0.200. The molecule has 0 heterocycles. The molecular formula is C19H35BrO4. The van der Waals surface area contributed by atoms with E-state index >= 15 is 0 Å². The molecule has 4 nitrogen and oxygen atoms in total. The number of alkyl halides is 1. The molecule has 0 aromatic rings. The Kier molecular flexibility index (Phi) is 15.8. The Labute approximate surface area is 156 Å². The molecule has 5 heteroatoms. The lowest BCUT2D eigenvalue weighted by atomic mass is 10.0. The normalized spacial score (nSPS) is 13.5. The molecule has 0 aromatic heterocycles. The second kappa shape index (κ2) is 16.1. The maximum absolute atomic E-state index is 12.2. The molecule has 0 rings (SSSR count). The molecule has 2 unspecified atom stereocenters. The van der Waals surface area contributed by atoms with Crippen LogP contribution in [-0.2, 0) is 19.1 Å². The number of carbonyl (C=O) groups excluding carboxylic acids is 2. The van der Waals surface area contributed by atoms with Gasteiger partial charge in [0.15, 0.2) is 0 Å². The molecule has 0 spiro atoms. The highest BCUT2D eigenvalue weighted by atomic mass is 79.9. The van der Waals surface area contributed by atoms with Crippen molar-refractivity contribution in [2.24, 2.45) is 0 Å². The average Bonchev–Trinajstić information content (AvgIpc) is 2.53. The van der Waals surface area contributed by atoms with E-state index < -0.39 is 0 Å². The highest BCUT2D eigenvalue weighted by molar-refractivity contribution is 9.09. The van der Waals surface area contributed by atoms with Crippen molar-refractivity contribution in [2.45, 2.75) is 96.7 Å². The molecule has 0 aromatic carbocycles. The van der Waals surface area contributed by atoms with Crippen LogP contribution < -0.4 is 0 Å². The number of esters is 1. The third kappa shape index (κ3) is 14.0. The molecule has 0 saturated heterocycles. The zero-order chi connectivity index (χ0) is 18.2. The number of Topliss-reactive ketones (excluding diaryl/α,β-unsaturated/α-hetero) is 1. The average molecular weight is 407 g/mol. The van der Waals surface area contributed by atoms with E-state index in [9.17, 15) is 9.59 Å². The predicted molar refractivity (Wildman–Crippen MR) is 102 cm³/mol. The van der Waals surface area contributed by atoms with E-state index in [0.29, 0.717) is 6.42 Å². The van der Waals surface area contributed by atoms with Crippen molar-refractivity contribution >= 4 is 27.7 Å². The minimum atomic E-state index is -0.280. The lowest BCUT2D eigenvalue weighted by Gasteiger charge is -2.19. The summed E-state index contributed by atoms with van der Waals surface area (Å²) in [4.78, 5) is 23.5. The minimum absolute atomic E-state index is 0.0707. The summed E-state index contributed by atoms with van der Waals surface area (Å²) >= 11 is 3.42. The van der Waals surface area contributed by atoms with Gasteiger partial charge >= 0.3 is 5.97 Å². The van der Waals surface area contributed by atoms with Crippen molar-refractivity contribution in [3.8, 4) is 0 Å². The van der Waals surface area contributed by atoms with Crippen LogP contribution in [0.3, 0.4) is 0 Å². The molecule has 0 aliphatic heterocycles. The first-order chi connectivity index (χ1) is 11.5. The monoisotopic (exact) mass is 406 g/mol. The SMILES string of the molecule is CCCCCCC(CC(C)=O)OC(=O)CC(CCCCCBr)OC. The predicted octanol–water partition coefficient (Wildman–Crippen LogP) is 5.21. The first-order valence-corrected chi connectivity index (χ1v) is 10.4. The van der Waals surface area contributed by atoms with Gasteiger partial charge in [0.25, 0.3) is 0 Å². The summed E-state index contributed by atoms with van der Waals surface area (Å²) in [6.45, 7) is 3.71. The number of rotatable bonds is 16. The van der Waals surface area contributed by atoms with Gasteiger partial charge in [-0.25, -0.2) is 0 Å². The van der Waals surface area contributed by atoms with Crippen LogP contribution in [0, 0.1) is 0 Å². The molecule has 0 bridgehead atoms. The zero-order valence-electron chi connectivity index (χ0n) is 15.7. The Bertz CT molecular complexity index is 333. The highest BCUT2D eigenvalue weighted by Gasteiger charge is 2.19. The highest BCUT2D eigenvalue weighted by Crippen LogP contribution is 2.16. The smallest absolute Gasteiger partial charge is 0.308 e. The van der Waals surface area contributed by atoms with E-state index in [1.165, 1.54) is 12.8 Å². The lowest BCUT2D eigenvalue weighted by molar-refractivity contribution is -0.153. The largest absolute Gasteiger partial charge is 0.462 e. The minimum Gasteiger partial charge on any atom is -0.462 e. The van der Waals surface area contributed by atoms with E-state index in [-0.39, 0.29) is 30.4 Å². The van der Waals surface area contributed by atoms with Crippen molar-refractivity contribution in [3.05, 3.63) is 0 Å². The van der Waals surface area contributed by atoms with Crippen LogP contribution in [0.4, 0.5) is 0 Å². The molecule has 142 valence electrons. The fourth-order valence-corrected chi connectivity index (χ4v) is 3.08. The zero-order valence-corrected chi connectivity index (χ0v) is 17.2. The van der Waals surface area contributed by atoms with Gasteiger partial charge in [-0.3, -0.25) is 9.59 Å². The molecular weight excluding hydrogens is 372 g/mol. The maximum Gasteiger partial charge on any atom is 0.308 e. The Morgan fingerprint density at radius 1 is 0.917 bits per heavy atom. The number of ketones is 1. The van der Waals surface area contributed by atoms with Gasteiger partial charge in [-0.05, 0) is 32.6 Å². The molecule has 0 fully saturated rings. The fraction of sp³-hybridized carbons (Fsp3) is 0.895. The molecule has 0 amide bonds. The molecule has 24 heavy (non-hydrogen) atoms. The summed E-state index contributed by atoms with van der Waals surface area (Å²) in [5, 5.41) is 1.01. The first-order valence-electron chi connectivity index (χ1n) is 9.31. The summed E-state index contributed by atoms with van der Waals surface area (Å²) < 4.78 is 11.0. The van der Waals surface area contributed by atoms with Crippen LogP contribution in [0.2, 0.25) is 0 Å². The number of carbonyl (C=O) groups is 2. The standard InChI is InChI=1S/C19H35BrO4/c1-4-5-6-8-12-18(14-16(2)21)24-19(22)15-17(23-3)11-9-7-10-13-20/h17-18H,4-15H2,1-3H3. The van der Waals surface area contributed by atoms with Gasteiger partial charge in [-0.2, -0.15) is 0 Å². The van der Waals surface area contributed by atoms with Gasteiger partial charge in [0, 0.05) is 18.9 Å². The lowest BCUT2D eigenvalue weighted by Crippen LogP contribution is -2.24. The summed E-state index contributed by atoms with van der Waals surface area (Å²) in [6, 6.07) is 0. The third-order valence-corrected chi connectivity index (χ3v) is 4.64. The van der Waals surface area contributed by atoms with Crippen LogP contribution in [0.1, 0.15) is 84.5 Å². The van der Waals surface area contributed by atoms with Crippen molar-refractivity contribution < 1.29 is 19.1 Å². The summed E-state index contributed by atoms with van der Waals surface area (Å²) in [5.74, 6) is -0.176. The molecule has 0 N–H and O–H groups in total. The Morgan fingerprint density at radius 3 is 2.08 bits per heavy atom. The Hall–Kier alpha value is -0.420. The second-order valence-corrected chi connectivity index (χ2v) is 7.26. The summed E-state index contributed by atoms with van der Waals surface area (Å²) in [5.41, 5.74) is 0. The molecule has 2 atom stereocenters. The molecule has 0 saturated carbocycles. The van der Waals surface area contributed by atoms with Crippen LogP contribution in [0.15, 0.2) is 0 Å². The van der Waals surface area contributed by atoms with Gasteiger partial charge < -0.3 is 9.47 Å².